The molecule has 0 spiro atoms. The lowest BCUT2D eigenvalue weighted by atomic mass is 10.2. The summed E-state index contributed by atoms with van der Waals surface area (Å²) in [5.41, 5.74) is 11.7. The number of rotatable bonds is 4. The second-order valence-corrected chi connectivity index (χ2v) is 5.01. The molecule has 0 radical (unpaired) electrons. The van der Waals surface area contributed by atoms with Crippen molar-refractivity contribution in [2.75, 3.05) is 18.0 Å². The van der Waals surface area contributed by atoms with Crippen LogP contribution in [0.4, 0.5) is 5.69 Å². The zero-order chi connectivity index (χ0) is 12.3. The lowest BCUT2D eigenvalue weighted by molar-refractivity contribution is 0.744. The molecule has 0 bridgehead atoms. The maximum atomic E-state index is 5.45. The molecule has 92 valence electrons. The Hall–Kier alpha value is -1.20. The highest BCUT2D eigenvalue weighted by Gasteiger charge is 2.18. The van der Waals surface area contributed by atoms with E-state index in [4.69, 9.17) is 11.6 Å². The molecule has 5 N–H and O–H groups in total. The number of halogens is 1. The molecule has 2 rings (SSSR count). The molecule has 5 heteroatoms. The van der Waals surface area contributed by atoms with Crippen molar-refractivity contribution in [3.8, 4) is 0 Å². The van der Waals surface area contributed by atoms with Crippen LogP contribution in [0.25, 0.3) is 0 Å². The number of fused-ring (bicyclic) bond motifs is 1. The van der Waals surface area contributed by atoms with Crippen LogP contribution in [-0.4, -0.2) is 13.1 Å². The van der Waals surface area contributed by atoms with Gasteiger partial charge in [0, 0.05) is 41.6 Å². The molecule has 1 aliphatic heterocycles. The van der Waals surface area contributed by atoms with Crippen LogP contribution in [0.3, 0.4) is 0 Å². The first-order chi connectivity index (χ1) is 8.24. The summed E-state index contributed by atoms with van der Waals surface area (Å²) >= 11 is 3.50. The van der Waals surface area contributed by atoms with E-state index in [1.54, 1.807) is 0 Å². The number of hydrogen-bond donors (Lipinski definition) is 3. The third-order valence-electron chi connectivity index (χ3n) is 3.07. The van der Waals surface area contributed by atoms with Gasteiger partial charge >= 0.3 is 0 Å². The molecule has 0 aromatic heterocycles. The third-order valence-corrected chi connectivity index (χ3v) is 3.56. The zero-order valence-corrected chi connectivity index (χ0v) is 11.2. The first kappa shape index (κ1) is 12.3. The van der Waals surface area contributed by atoms with Gasteiger partial charge in [-0.1, -0.05) is 15.9 Å². The molecule has 1 aromatic carbocycles. The van der Waals surface area contributed by atoms with Gasteiger partial charge in [-0.3, -0.25) is 5.84 Å². The highest BCUT2D eigenvalue weighted by atomic mass is 79.9. The number of nitrogens with two attached hydrogens (primary N) is 2. The molecule has 0 aliphatic carbocycles. The molecule has 0 unspecified atom stereocenters. The summed E-state index contributed by atoms with van der Waals surface area (Å²) in [4.78, 5) is 2.36. The first-order valence-electron chi connectivity index (χ1n) is 5.65. The Morgan fingerprint density at radius 2 is 2.35 bits per heavy atom. The van der Waals surface area contributed by atoms with E-state index >= 15 is 0 Å². The number of anilines is 1. The van der Waals surface area contributed by atoms with E-state index in [1.807, 2.05) is 0 Å². The summed E-state index contributed by atoms with van der Waals surface area (Å²) in [6.45, 7) is 2.00. The number of hydrazine groups is 1. The summed E-state index contributed by atoms with van der Waals surface area (Å²) in [7, 11) is 0. The minimum Gasteiger partial charge on any atom is -0.403 e. The first-order valence-corrected chi connectivity index (χ1v) is 6.44. The summed E-state index contributed by atoms with van der Waals surface area (Å²) in [5, 5.41) is 0. The fourth-order valence-electron chi connectivity index (χ4n) is 2.13. The van der Waals surface area contributed by atoms with Crippen LogP contribution in [0.5, 0.6) is 0 Å². The van der Waals surface area contributed by atoms with Crippen molar-refractivity contribution >= 4 is 21.6 Å². The fraction of sp³-hybridized carbons (Fsp3) is 0.333. The number of nitrogens with zero attached hydrogens (tertiary/aromatic N) is 1. The molecular weight excluding hydrogens is 280 g/mol. The van der Waals surface area contributed by atoms with Crippen molar-refractivity contribution < 1.29 is 0 Å². The third kappa shape index (κ3) is 2.73. The summed E-state index contributed by atoms with van der Waals surface area (Å²) < 4.78 is 1.14. The Balaban J connectivity index is 2.02. The normalized spacial score (nSPS) is 14.9. The van der Waals surface area contributed by atoms with Crippen LogP contribution in [0, 0.1) is 0 Å². The van der Waals surface area contributed by atoms with Crippen LogP contribution in [0.2, 0.25) is 0 Å². The van der Waals surface area contributed by atoms with Crippen molar-refractivity contribution in [3.63, 3.8) is 0 Å². The number of hydrogen-bond acceptors (Lipinski definition) is 4. The maximum absolute atomic E-state index is 5.45. The molecule has 1 heterocycles. The van der Waals surface area contributed by atoms with E-state index in [0.29, 0.717) is 0 Å². The fourth-order valence-corrected chi connectivity index (χ4v) is 2.54. The lowest BCUT2D eigenvalue weighted by Crippen LogP contribution is -2.28. The Morgan fingerprint density at radius 1 is 1.53 bits per heavy atom. The van der Waals surface area contributed by atoms with Gasteiger partial charge in [0.15, 0.2) is 0 Å². The molecule has 0 saturated carbocycles. The average Bonchev–Trinajstić information content (AvgIpc) is 2.73. The largest absolute Gasteiger partial charge is 0.403 e. The molecule has 0 saturated heterocycles. The predicted molar refractivity (Wildman–Crippen MR) is 74.3 cm³/mol. The molecule has 1 aliphatic rings. The SMILES string of the molecule is N/C=C(/CCN1CCc2cc(Br)ccc21)NN. The minimum atomic E-state index is 0.836. The quantitative estimate of drug-likeness (QED) is 0.581. The zero-order valence-electron chi connectivity index (χ0n) is 9.62. The van der Waals surface area contributed by atoms with Crippen LogP contribution in [0.15, 0.2) is 34.6 Å². The van der Waals surface area contributed by atoms with Crippen molar-refractivity contribution in [1.82, 2.24) is 5.43 Å². The van der Waals surface area contributed by atoms with Crippen LogP contribution < -0.4 is 21.9 Å². The smallest absolute Gasteiger partial charge is 0.0431 e. The molecule has 1 aromatic rings. The summed E-state index contributed by atoms with van der Waals surface area (Å²) in [5.74, 6) is 5.36. The Kier molecular flexibility index (Phi) is 3.91. The highest BCUT2D eigenvalue weighted by Crippen LogP contribution is 2.30. The summed E-state index contributed by atoms with van der Waals surface area (Å²) in [6, 6.07) is 6.43. The second-order valence-electron chi connectivity index (χ2n) is 4.10. The van der Waals surface area contributed by atoms with Gasteiger partial charge in [-0.05, 0) is 30.2 Å². The van der Waals surface area contributed by atoms with Gasteiger partial charge in [0.05, 0.1) is 0 Å². The molecule has 0 fully saturated rings. The van der Waals surface area contributed by atoms with Crippen LogP contribution in [0.1, 0.15) is 12.0 Å². The van der Waals surface area contributed by atoms with Crippen molar-refractivity contribution in [1.29, 1.82) is 0 Å². The van der Waals surface area contributed by atoms with Crippen molar-refractivity contribution in [2.24, 2.45) is 11.6 Å². The lowest BCUT2D eigenvalue weighted by Gasteiger charge is -2.20. The Bertz CT molecular complexity index is 431. The molecule has 0 amide bonds. The van der Waals surface area contributed by atoms with Gasteiger partial charge < -0.3 is 16.1 Å². The van der Waals surface area contributed by atoms with Gasteiger partial charge in [0.2, 0.25) is 0 Å². The second kappa shape index (κ2) is 5.42. The van der Waals surface area contributed by atoms with Gasteiger partial charge in [-0.15, -0.1) is 0 Å². The topological polar surface area (TPSA) is 67.3 Å². The minimum absolute atomic E-state index is 0.836. The van der Waals surface area contributed by atoms with Gasteiger partial charge in [0.1, 0.15) is 0 Å². The van der Waals surface area contributed by atoms with E-state index < -0.39 is 0 Å². The van der Waals surface area contributed by atoms with Gasteiger partial charge in [0.25, 0.3) is 0 Å². The Morgan fingerprint density at radius 3 is 3.06 bits per heavy atom. The average molecular weight is 297 g/mol. The van der Waals surface area contributed by atoms with Crippen LogP contribution >= 0.6 is 15.9 Å². The number of nitrogens with one attached hydrogen (secondary N) is 1. The monoisotopic (exact) mass is 296 g/mol. The molecular formula is C12H17BrN4. The van der Waals surface area contributed by atoms with E-state index in [2.05, 4.69) is 44.5 Å². The van der Waals surface area contributed by atoms with E-state index in [9.17, 15) is 0 Å². The van der Waals surface area contributed by atoms with Crippen molar-refractivity contribution in [2.45, 2.75) is 12.8 Å². The molecule has 0 atom stereocenters. The van der Waals surface area contributed by atoms with E-state index in [-0.39, 0.29) is 0 Å². The molecule has 4 nitrogen and oxygen atoms in total. The standard InChI is InChI=1S/C12H17BrN4/c13-10-1-2-12-9(7-10)3-5-17(12)6-4-11(8-14)16-15/h1-2,7-8,16H,3-6,14-15H2/b11-8-. The summed E-state index contributed by atoms with van der Waals surface area (Å²) in [6.07, 6.45) is 3.47. The van der Waals surface area contributed by atoms with E-state index in [1.165, 1.54) is 17.5 Å². The maximum Gasteiger partial charge on any atom is 0.0431 e. The van der Waals surface area contributed by atoms with Gasteiger partial charge in [-0.25, -0.2) is 0 Å². The predicted octanol–water partition coefficient (Wildman–Crippen LogP) is 1.47. The van der Waals surface area contributed by atoms with E-state index in [0.717, 1.165) is 36.1 Å². The van der Waals surface area contributed by atoms with Crippen molar-refractivity contribution in [3.05, 3.63) is 40.1 Å². The Labute approximate surface area is 110 Å². The highest BCUT2D eigenvalue weighted by molar-refractivity contribution is 9.10. The van der Waals surface area contributed by atoms with Gasteiger partial charge in [-0.2, -0.15) is 0 Å². The number of benzene rings is 1. The molecule has 17 heavy (non-hydrogen) atoms. The van der Waals surface area contributed by atoms with Crippen LogP contribution in [-0.2, 0) is 6.42 Å².